The van der Waals surface area contributed by atoms with E-state index in [-0.39, 0.29) is 5.91 Å². The summed E-state index contributed by atoms with van der Waals surface area (Å²) in [7, 11) is 0. The first-order valence-corrected chi connectivity index (χ1v) is 8.17. The van der Waals surface area contributed by atoms with E-state index < -0.39 is 0 Å². The number of aromatic hydroxyl groups is 1. The molecule has 3 aromatic rings. The lowest BCUT2D eigenvalue weighted by Crippen LogP contribution is -2.31. The van der Waals surface area contributed by atoms with Crippen molar-refractivity contribution in [2.45, 2.75) is 20.3 Å². The summed E-state index contributed by atoms with van der Waals surface area (Å²) in [6.07, 6.45) is 2.49. The molecule has 0 radical (unpaired) electrons. The highest BCUT2D eigenvalue weighted by atomic mass is 16.3. The van der Waals surface area contributed by atoms with Crippen LogP contribution < -0.4 is 5.32 Å². The summed E-state index contributed by atoms with van der Waals surface area (Å²) in [5, 5.41) is 12.8. The van der Waals surface area contributed by atoms with Crippen LogP contribution >= 0.6 is 0 Å². The third-order valence-corrected chi connectivity index (χ3v) is 4.49. The monoisotopic (exact) mass is 334 g/mol. The lowest BCUT2D eigenvalue weighted by atomic mass is 10.1. The number of fused-ring (bicyclic) bond motifs is 1. The van der Waals surface area contributed by atoms with Crippen molar-refractivity contribution in [3.05, 3.63) is 52.8 Å². The Labute approximate surface area is 145 Å². The van der Waals surface area contributed by atoms with Gasteiger partial charge in [-0.25, -0.2) is 9.97 Å². The third kappa shape index (κ3) is 2.65. The lowest BCUT2D eigenvalue weighted by molar-refractivity contribution is 0.0946. The molecule has 0 atom stereocenters. The summed E-state index contributed by atoms with van der Waals surface area (Å²) in [5.74, 6) is 0.825. The van der Waals surface area contributed by atoms with Gasteiger partial charge in [0.15, 0.2) is 5.82 Å². The highest BCUT2D eigenvalue weighted by molar-refractivity contribution is 5.97. The SMILES string of the molecule is Cc1cc(-c2nccc(-c3cc4c([nH]3)CCNC4=O)n2)cc(C)c1O. The minimum absolute atomic E-state index is 0.0530. The van der Waals surface area contributed by atoms with E-state index in [1.54, 1.807) is 6.20 Å². The molecule has 0 fully saturated rings. The van der Waals surface area contributed by atoms with Crippen molar-refractivity contribution in [2.24, 2.45) is 0 Å². The number of nitrogens with one attached hydrogen (secondary N) is 2. The quantitative estimate of drug-likeness (QED) is 0.672. The molecule has 1 aliphatic rings. The van der Waals surface area contributed by atoms with E-state index in [0.29, 0.717) is 23.7 Å². The van der Waals surface area contributed by atoms with Crippen LogP contribution in [0.25, 0.3) is 22.8 Å². The molecular formula is C19H18N4O2. The zero-order chi connectivity index (χ0) is 17.6. The van der Waals surface area contributed by atoms with Crippen LogP contribution in [0.5, 0.6) is 5.75 Å². The number of aryl methyl sites for hydroxylation is 2. The van der Waals surface area contributed by atoms with Crippen molar-refractivity contribution < 1.29 is 9.90 Å². The van der Waals surface area contributed by atoms with Gasteiger partial charge in [0.05, 0.1) is 17.0 Å². The first-order valence-electron chi connectivity index (χ1n) is 8.17. The van der Waals surface area contributed by atoms with Gasteiger partial charge in [-0.3, -0.25) is 4.79 Å². The van der Waals surface area contributed by atoms with Crippen molar-refractivity contribution in [3.8, 4) is 28.5 Å². The molecule has 0 bridgehead atoms. The van der Waals surface area contributed by atoms with Crippen molar-refractivity contribution in [1.29, 1.82) is 0 Å². The summed E-state index contributed by atoms with van der Waals surface area (Å²) < 4.78 is 0. The summed E-state index contributed by atoms with van der Waals surface area (Å²) >= 11 is 0. The number of aromatic amines is 1. The highest BCUT2D eigenvalue weighted by Gasteiger charge is 2.20. The van der Waals surface area contributed by atoms with Crippen LogP contribution in [0, 0.1) is 13.8 Å². The van der Waals surface area contributed by atoms with Crippen LogP contribution in [-0.4, -0.2) is 32.5 Å². The van der Waals surface area contributed by atoms with Gasteiger partial charge < -0.3 is 15.4 Å². The van der Waals surface area contributed by atoms with Crippen LogP contribution in [-0.2, 0) is 6.42 Å². The van der Waals surface area contributed by atoms with Gasteiger partial charge in [-0.1, -0.05) is 0 Å². The fraction of sp³-hybridized carbons (Fsp3) is 0.211. The molecule has 0 saturated heterocycles. The number of rotatable bonds is 2. The van der Waals surface area contributed by atoms with Crippen molar-refractivity contribution in [1.82, 2.24) is 20.3 Å². The van der Waals surface area contributed by atoms with Crippen LogP contribution in [0.4, 0.5) is 0 Å². The van der Waals surface area contributed by atoms with E-state index in [1.165, 1.54) is 0 Å². The Bertz CT molecular complexity index is 968. The number of carbonyl (C=O) groups is 1. The van der Waals surface area contributed by atoms with E-state index in [4.69, 9.17) is 0 Å². The molecule has 126 valence electrons. The van der Waals surface area contributed by atoms with Gasteiger partial charge in [-0.05, 0) is 49.2 Å². The molecule has 0 unspecified atom stereocenters. The van der Waals surface area contributed by atoms with Gasteiger partial charge >= 0.3 is 0 Å². The number of aromatic nitrogens is 3. The highest BCUT2D eigenvalue weighted by Crippen LogP contribution is 2.29. The number of H-pyrrole nitrogens is 1. The molecule has 0 saturated carbocycles. The Morgan fingerprint density at radius 2 is 1.92 bits per heavy atom. The zero-order valence-electron chi connectivity index (χ0n) is 14.1. The minimum atomic E-state index is -0.0530. The first-order chi connectivity index (χ1) is 12.0. The average Bonchev–Trinajstić information content (AvgIpc) is 3.05. The predicted molar refractivity (Wildman–Crippen MR) is 94.4 cm³/mol. The summed E-state index contributed by atoms with van der Waals surface area (Å²) in [6.45, 7) is 4.35. The number of carbonyl (C=O) groups excluding carboxylic acids is 1. The van der Waals surface area contributed by atoms with Crippen molar-refractivity contribution in [3.63, 3.8) is 0 Å². The molecule has 4 rings (SSSR count). The maximum atomic E-state index is 11.9. The first kappa shape index (κ1) is 15.4. The Morgan fingerprint density at radius 1 is 1.16 bits per heavy atom. The number of phenolic OH excluding ortho intramolecular Hbond substituents is 1. The maximum Gasteiger partial charge on any atom is 0.253 e. The van der Waals surface area contributed by atoms with Crippen LogP contribution in [0.1, 0.15) is 27.2 Å². The topological polar surface area (TPSA) is 90.9 Å². The number of benzene rings is 1. The molecule has 2 aromatic heterocycles. The Kier molecular flexibility index (Phi) is 3.53. The second-order valence-electron chi connectivity index (χ2n) is 6.31. The lowest BCUT2D eigenvalue weighted by Gasteiger charge is -2.10. The smallest absolute Gasteiger partial charge is 0.253 e. The number of hydrogen-bond acceptors (Lipinski definition) is 4. The number of hydrogen-bond donors (Lipinski definition) is 3. The normalized spacial score (nSPS) is 13.4. The minimum Gasteiger partial charge on any atom is -0.507 e. The molecule has 0 aliphatic carbocycles. The molecule has 1 aliphatic heterocycles. The summed E-state index contributed by atoms with van der Waals surface area (Å²) in [4.78, 5) is 24.2. The van der Waals surface area contributed by atoms with Crippen LogP contribution in [0.2, 0.25) is 0 Å². The number of amides is 1. The van der Waals surface area contributed by atoms with E-state index in [0.717, 1.165) is 40.2 Å². The van der Waals surface area contributed by atoms with Crippen molar-refractivity contribution in [2.75, 3.05) is 6.54 Å². The van der Waals surface area contributed by atoms with E-state index in [1.807, 2.05) is 38.1 Å². The second kappa shape index (κ2) is 5.73. The number of nitrogens with zero attached hydrogens (tertiary/aromatic N) is 2. The molecule has 1 amide bonds. The molecule has 6 nitrogen and oxygen atoms in total. The molecular weight excluding hydrogens is 316 g/mol. The molecule has 1 aromatic carbocycles. The Balaban J connectivity index is 1.77. The largest absolute Gasteiger partial charge is 0.507 e. The number of phenols is 1. The van der Waals surface area contributed by atoms with E-state index in [2.05, 4.69) is 20.3 Å². The van der Waals surface area contributed by atoms with Gasteiger partial charge in [0.2, 0.25) is 0 Å². The molecule has 6 heteroatoms. The molecule has 3 heterocycles. The standard InChI is InChI=1S/C19H18N4O2/c1-10-7-12(8-11(2)17(10)24)18-20-5-4-15(23-18)16-9-13-14(22-16)3-6-21-19(13)25/h4-5,7-9,22,24H,3,6H2,1-2H3,(H,21,25). The molecule has 3 N–H and O–H groups in total. The van der Waals surface area contributed by atoms with Gasteiger partial charge in [0, 0.05) is 30.4 Å². The van der Waals surface area contributed by atoms with Crippen LogP contribution in [0.3, 0.4) is 0 Å². The fourth-order valence-electron chi connectivity index (χ4n) is 3.16. The summed E-state index contributed by atoms with van der Waals surface area (Å²) in [5.41, 5.74) is 5.58. The summed E-state index contributed by atoms with van der Waals surface area (Å²) in [6, 6.07) is 7.39. The van der Waals surface area contributed by atoms with Gasteiger partial charge in [0.1, 0.15) is 5.75 Å². The molecule has 0 spiro atoms. The van der Waals surface area contributed by atoms with Crippen LogP contribution in [0.15, 0.2) is 30.5 Å². The maximum absolute atomic E-state index is 11.9. The fourth-order valence-corrected chi connectivity index (χ4v) is 3.16. The van der Waals surface area contributed by atoms with Gasteiger partial charge in [0.25, 0.3) is 5.91 Å². The third-order valence-electron chi connectivity index (χ3n) is 4.49. The predicted octanol–water partition coefficient (Wildman–Crippen LogP) is 2.75. The Hall–Kier alpha value is -3.15. The zero-order valence-corrected chi connectivity index (χ0v) is 14.1. The average molecular weight is 334 g/mol. The molecule has 25 heavy (non-hydrogen) atoms. The van der Waals surface area contributed by atoms with E-state index >= 15 is 0 Å². The van der Waals surface area contributed by atoms with Crippen molar-refractivity contribution >= 4 is 5.91 Å². The second-order valence-corrected chi connectivity index (χ2v) is 6.31. The van der Waals surface area contributed by atoms with Gasteiger partial charge in [-0.15, -0.1) is 0 Å². The van der Waals surface area contributed by atoms with E-state index in [9.17, 15) is 9.90 Å². The van der Waals surface area contributed by atoms with Gasteiger partial charge in [-0.2, -0.15) is 0 Å². The Morgan fingerprint density at radius 3 is 2.64 bits per heavy atom.